The van der Waals surface area contributed by atoms with Crippen LogP contribution < -0.4 is 5.32 Å². The zero-order chi connectivity index (χ0) is 9.68. The molecule has 1 atom stereocenters. The average molecular weight is 174 g/mol. The van der Waals surface area contributed by atoms with Crippen LogP contribution in [0.2, 0.25) is 0 Å². The molecule has 0 fully saturated rings. The fourth-order valence-corrected chi connectivity index (χ4v) is 1.38. The van der Waals surface area contributed by atoms with E-state index in [-0.39, 0.29) is 6.04 Å². The van der Waals surface area contributed by atoms with Gasteiger partial charge in [0.1, 0.15) is 0 Å². The van der Waals surface area contributed by atoms with E-state index in [1.165, 1.54) is 11.1 Å². The second-order valence-electron chi connectivity index (χ2n) is 3.12. The van der Waals surface area contributed by atoms with Gasteiger partial charge in [-0.15, -0.1) is 0 Å². The Labute approximate surface area is 79.2 Å². The summed E-state index contributed by atoms with van der Waals surface area (Å²) in [6.45, 7) is 4.55. The molecule has 0 amide bonds. The summed E-state index contributed by atoms with van der Waals surface area (Å²) in [5, 5.41) is 11.5. The van der Waals surface area contributed by atoms with Crippen molar-refractivity contribution in [2.24, 2.45) is 0 Å². The van der Waals surface area contributed by atoms with Crippen molar-refractivity contribution in [3.63, 3.8) is 0 Å². The molecule has 0 spiro atoms. The molecule has 1 rings (SSSR count). The zero-order valence-electron chi connectivity index (χ0n) is 8.04. The van der Waals surface area contributed by atoms with Crippen molar-refractivity contribution in [2.45, 2.75) is 19.9 Å². The molecule has 0 saturated carbocycles. The van der Waals surface area contributed by atoms with Gasteiger partial charge in [0, 0.05) is 6.04 Å². The summed E-state index contributed by atoms with van der Waals surface area (Å²) in [5.41, 5.74) is 2.53. The third-order valence-electron chi connectivity index (χ3n) is 2.14. The summed E-state index contributed by atoms with van der Waals surface area (Å²) < 4.78 is 0. The lowest BCUT2D eigenvalue weighted by Gasteiger charge is -2.14. The summed E-state index contributed by atoms with van der Waals surface area (Å²) in [6, 6.07) is 10.5. The molecule has 68 valence electrons. The van der Waals surface area contributed by atoms with Gasteiger partial charge in [0.2, 0.25) is 0 Å². The Bertz CT molecular complexity index is 312. The highest BCUT2D eigenvalue weighted by molar-refractivity contribution is 5.28. The standard InChI is InChI=1S/C11H14N2/c1-9-5-3-4-6-11(9)10(2)13-8-7-12/h3-6,10,13H,8H2,1-2H3/t10-/m0/s1. The third-order valence-corrected chi connectivity index (χ3v) is 2.14. The van der Waals surface area contributed by atoms with Crippen molar-refractivity contribution in [2.75, 3.05) is 6.54 Å². The first-order valence-corrected chi connectivity index (χ1v) is 4.41. The summed E-state index contributed by atoms with van der Waals surface area (Å²) in [6.07, 6.45) is 0. The number of benzene rings is 1. The molecule has 0 aliphatic carbocycles. The minimum atomic E-state index is 0.251. The van der Waals surface area contributed by atoms with Crippen molar-refractivity contribution < 1.29 is 0 Å². The monoisotopic (exact) mass is 174 g/mol. The molecule has 0 bridgehead atoms. The molecule has 0 saturated heterocycles. The van der Waals surface area contributed by atoms with E-state index in [0.29, 0.717) is 6.54 Å². The van der Waals surface area contributed by atoms with Crippen LogP contribution in [0.15, 0.2) is 24.3 Å². The van der Waals surface area contributed by atoms with E-state index in [2.05, 4.69) is 37.4 Å². The quantitative estimate of drug-likeness (QED) is 0.713. The number of nitrogens with one attached hydrogen (secondary N) is 1. The van der Waals surface area contributed by atoms with E-state index in [9.17, 15) is 0 Å². The van der Waals surface area contributed by atoms with Crippen molar-refractivity contribution in [1.29, 1.82) is 5.26 Å². The van der Waals surface area contributed by atoms with Crippen LogP contribution in [0.1, 0.15) is 24.1 Å². The Morgan fingerprint density at radius 1 is 1.46 bits per heavy atom. The molecule has 0 aliphatic heterocycles. The minimum Gasteiger partial charge on any atom is -0.298 e. The SMILES string of the molecule is Cc1ccccc1[C@H](C)NCC#N. The fraction of sp³-hybridized carbons (Fsp3) is 0.364. The normalized spacial score (nSPS) is 12.1. The van der Waals surface area contributed by atoms with E-state index in [1.54, 1.807) is 0 Å². The van der Waals surface area contributed by atoms with Gasteiger partial charge in [0.15, 0.2) is 0 Å². The smallest absolute Gasteiger partial charge is 0.0845 e. The second kappa shape index (κ2) is 4.64. The van der Waals surface area contributed by atoms with E-state index in [4.69, 9.17) is 5.26 Å². The fourth-order valence-electron chi connectivity index (χ4n) is 1.38. The van der Waals surface area contributed by atoms with Crippen LogP contribution in [0.3, 0.4) is 0 Å². The van der Waals surface area contributed by atoms with Gasteiger partial charge in [-0.3, -0.25) is 5.32 Å². The van der Waals surface area contributed by atoms with Crippen LogP contribution >= 0.6 is 0 Å². The minimum absolute atomic E-state index is 0.251. The molecule has 2 heteroatoms. The Morgan fingerprint density at radius 2 is 2.15 bits per heavy atom. The molecule has 0 unspecified atom stereocenters. The van der Waals surface area contributed by atoms with Crippen LogP contribution in [0.4, 0.5) is 0 Å². The van der Waals surface area contributed by atoms with Gasteiger partial charge >= 0.3 is 0 Å². The maximum absolute atomic E-state index is 8.42. The number of nitrogens with zero attached hydrogens (tertiary/aromatic N) is 1. The molecule has 2 nitrogen and oxygen atoms in total. The number of rotatable bonds is 3. The van der Waals surface area contributed by atoms with Crippen LogP contribution in [0.25, 0.3) is 0 Å². The predicted octanol–water partition coefficient (Wildman–Crippen LogP) is 2.17. The van der Waals surface area contributed by atoms with Gasteiger partial charge in [-0.25, -0.2) is 0 Å². The van der Waals surface area contributed by atoms with Gasteiger partial charge in [-0.1, -0.05) is 24.3 Å². The van der Waals surface area contributed by atoms with Crippen LogP contribution in [0.5, 0.6) is 0 Å². The molecule has 0 heterocycles. The summed E-state index contributed by atoms with van der Waals surface area (Å²) in [5.74, 6) is 0. The summed E-state index contributed by atoms with van der Waals surface area (Å²) >= 11 is 0. The lowest BCUT2D eigenvalue weighted by molar-refractivity contribution is 0.618. The molecule has 1 aromatic rings. The molecular weight excluding hydrogens is 160 g/mol. The number of aryl methyl sites for hydroxylation is 1. The summed E-state index contributed by atoms with van der Waals surface area (Å²) in [4.78, 5) is 0. The summed E-state index contributed by atoms with van der Waals surface area (Å²) in [7, 11) is 0. The highest BCUT2D eigenvalue weighted by Gasteiger charge is 2.05. The first-order valence-electron chi connectivity index (χ1n) is 4.41. The topological polar surface area (TPSA) is 35.8 Å². The Kier molecular flexibility index (Phi) is 3.48. The molecule has 0 radical (unpaired) electrons. The van der Waals surface area contributed by atoms with Gasteiger partial charge in [0.25, 0.3) is 0 Å². The average Bonchev–Trinajstić information content (AvgIpc) is 2.15. The number of nitriles is 1. The molecule has 1 aromatic carbocycles. The Balaban J connectivity index is 2.72. The van der Waals surface area contributed by atoms with E-state index in [1.807, 2.05) is 12.1 Å². The molecule has 1 N–H and O–H groups in total. The van der Waals surface area contributed by atoms with Gasteiger partial charge < -0.3 is 0 Å². The highest BCUT2D eigenvalue weighted by Crippen LogP contribution is 2.15. The van der Waals surface area contributed by atoms with Crippen molar-refractivity contribution in [1.82, 2.24) is 5.32 Å². The first kappa shape index (κ1) is 9.76. The van der Waals surface area contributed by atoms with Crippen LogP contribution in [0, 0.1) is 18.3 Å². The van der Waals surface area contributed by atoms with E-state index in [0.717, 1.165) is 0 Å². The lowest BCUT2D eigenvalue weighted by Crippen LogP contribution is -2.19. The van der Waals surface area contributed by atoms with Crippen LogP contribution in [-0.4, -0.2) is 6.54 Å². The highest BCUT2D eigenvalue weighted by atomic mass is 14.9. The van der Waals surface area contributed by atoms with Crippen molar-refractivity contribution >= 4 is 0 Å². The lowest BCUT2D eigenvalue weighted by atomic mass is 10.0. The number of hydrogen-bond acceptors (Lipinski definition) is 2. The maximum Gasteiger partial charge on any atom is 0.0845 e. The maximum atomic E-state index is 8.42. The molecular formula is C11H14N2. The Morgan fingerprint density at radius 3 is 2.77 bits per heavy atom. The molecule has 13 heavy (non-hydrogen) atoms. The molecule has 0 aromatic heterocycles. The number of hydrogen-bond donors (Lipinski definition) is 1. The van der Waals surface area contributed by atoms with Gasteiger partial charge in [-0.2, -0.15) is 5.26 Å². The Hall–Kier alpha value is -1.33. The van der Waals surface area contributed by atoms with Crippen molar-refractivity contribution in [3.05, 3.63) is 35.4 Å². The van der Waals surface area contributed by atoms with E-state index >= 15 is 0 Å². The third kappa shape index (κ3) is 2.57. The molecule has 0 aliphatic rings. The van der Waals surface area contributed by atoms with Gasteiger partial charge in [0.05, 0.1) is 12.6 Å². The predicted molar refractivity (Wildman–Crippen MR) is 53.2 cm³/mol. The first-order chi connectivity index (χ1) is 6.25. The zero-order valence-corrected chi connectivity index (χ0v) is 8.04. The largest absolute Gasteiger partial charge is 0.298 e. The van der Waals surface area contributed by atoms with Crippen LogP contribution in [-0.2, 0) is 0 Å². The van der Waals surface area contributed by atoms with Crippen molar-refractivity contribution in [3.8, 4) is 6.07 Å². The second-order valence-corrected chi connectivity index (χ2v) is 3.12. The van der Waals surface area contributed by atoms with E-state index < -0.39 is 0 Å². The van der Waals surface area contributed by atoms with Gasteiger partial charge in [-0.05, 0) is 25.0 Å².